The molecule has 0 aromatic rings. The van der Waals surface area contributed by atoms with Gasteiger partial charge in [-0.3, -0.25) is 0 Å². The highest BCUT2D eigenvalue weighted by Gasteiger charge is 2.65. The van der Waals surface area contributed by atoms with Crippen molar-refractivity contribution in [2.75, 3.05) is 0 Å². The summed E-state index contributed by atoms with van der Waals surface area (Å²) in [4.78, 5) is 14.6. The van der Waals surface area contributed by atoms with Gasteiger partial charge in [-0.05, 0) is 36.5 Å². The SMILES string of the molecule is C[C@H]1CC[C@@H]2C[C@@]1(N=C=O)C2(C)C. The molecule has 0 N–H and O–H groups in total. The van der Waals surface area contributed by atoms with Crippen molar-refractivity contribution in [2.24, 2.45) is 22.2 Å². The number of rotatable bonds is 1. The maximum atomic E-state index is 10.4. The molecule has 2 heteroatoms. The molecule has 0 amide bonds. The summed E-state index contributed by atoms with van der Waals surface area (Å²) < 4.78 is 0. The zero-order valence-corrected chi connectivity index (χ0v) is 8.63. The van der Waals surface area contributed by atoms with Gasteiger partial charge in [-0.2, -0.15) is 4.99 Å². The Balaban J connectivity index is 2.38. The zero-order valence-electron chi connectivity index (χ0n) is 8.63. The summed E-state index contributed by atoms with van der Waals surface area (Å²) in [5.41, 5.74) is 0.153. The second-order valence-corrected chi connectivity index (χ2v) is 5.23. The number of hydrogen-bond donors (Lipinski definition) is 0. The molecule has 3 fully saturated rings. The van der Waals surface area contributed by atoms with E-state index in [1.54, 1.807) is 6.08 Å². The Kier molecular flexibility index (Phi) is 1.69. The van der Waals surface area contributed by atoms with Crippen LogP contribution in [0.2, 0.25) is 0 Å². The molecule has 3 atom stereocenters. The fourth-order valence-electron chi connectivity index (χ4n) is 3.49. The second kappa shape index (κ2) is 2.45. The number of nitrogens with zero attached hydrogens (tertiary/aromatic N) is 1. The zero-order chi connectivity index (χ0) is 9.69. The molecule has 0 aliphatic heterocycles. The molecule has 0 radical (unpaired) electrons. The molecule has 0 heterocycles. The van der Waals surface area contributed by atoms with Gasteiger partial charge in [-0.15, -0.1) is 0 Å². The summed E-state index contributed by atoms with van der Waals surface area (Å²) >= 11 is 0. The van der Waals surface area contributed by atoms with Crippen molar-refractivity contribution in [3.63, 3.8) is 0 Å². The fourth-order valence-corrected chi connectivity index (χ4v) is 3.49. The van der Waals surface area contributed by atoms with Crippen molar-refractivity contribution in [3.05, 3.63) is 0 Å². The lowest BCUT2D eigenvalue weighted by Crippen LogP contribution is -2.65. The average molecular weight is 179 g/mol. The Labute approximate surface area is 79.4 Å². The third kappa shape index (κ3) is 0.847. The van der Waals surface area contributed by atoms with Crippen LogP contribution in [-0.4, -0.2) is 11.6 Å². The van der Waals surface area contributed by atoms with E-state index in [4.69, 9.17) is 0 Å². The minimum Gasteiger partial charge on any atom is -0.211 e. The number of isocyanates is 1. The molecule has 3 saturated carbocycles. The van der Waals surface area contributed by atoms with Crippen LogP contribution in [0.4, 0.5) is 0 Å². The van der Waals surface area contributed by atoms with Crippen molar-refractivity contribution in [1.29, 1.82) is 0 Å². The molecular formula is C11H17NO. The van der Waals surface area contributed by atoms with Crippen LogP contribution in [0.15, 0.2) is 4.99 Å². The molecule has 0 unspecified atom stereocenters. The summed E-state index contributed by atoms with van der Waals surface area (Å²) in [5, 5.41) is 0. The summed E-state index contributed by atoms with van der Waals surface area (Å²) in [6.07, 6.45) is 5.42. The molecule has 0 aromatic carbocycles. The summed E-state index contributed by atoms with van der Waals surface area (Å²) in [7, 11) is 0. The van der Waals surface area contributed by atoms with Crippen molar-refractivity contribution >= 4 is 6.08 Å². The van der Waals surface area contributed by atoms with Crippen molar-refractivity contribution in [2.45, 2.75) is 45.6 Å². The quantitative estimate of drug-likeness (QED) is 0.449. The lowest BCUT2D eigenvalue weighted by Gasteiger charge is -2.65. The minimum atomic E-state index is -0.0718. The fraction of sp³-hybridized carbons (Fsp3) is 0.909. The van der Waals surface area contributed by atoms with Crippen molar-refractivity contribution in [3.8, 4) is 0 Å². The van der Waals surface area contributed by atoms with E-state index in [2.05, 4.69) is 25.8 Å². The Morgan fingerprint density at radius 1 is 1.38 bits per heavy atom. The van der Waals surface area contributed by atoms with Crippen LogP contribution < -0.4 is 0 Å². The van der Waals surface area contributed by atoms with Crippen LogP contribution in [-0.2, 0) is 4.79 Å². The molecule has 0 aromatic heterocycles. The Morgan fingerprint density at radius 3 is 2.54 bits per heavy atom. The number of aliphatic imine (C=N–C) groups is 1. The lowest BCUT2D eigenvalue weighted by molar-refractivity contribution is -0.122. The van der Waals surface area contributed by atoms with Crippen LogP contribution in [0, 0.1) is 17.3 Å². The van der Waals surface area contributed by atoms with Crippen LogP contribution in [0.25, 0.3) is 0 Å². The molecule has 2 nitrogen and oxygen atoms in total. The van der Waals surface area contributed by atoms with Gasteiger partial charge in [0.2, 0.25) is 6.08 Å². The monoisotopic (exact) mass is 179 g/mol. The van der Waals surface area contributed by atoms with Gasteiger partial charge in [-0.1, -0.05) is 20.8 Å². The van der Waals surface area contributed by atoms with Crippen molar-refractivity contribution < 1.29 is 4.79 Å². The van der Waals surface area contributed by atoms with E-state index < -0.39 is 0 Å². The molecule has 3 aliphatic rings. The van der Waals surface area contributed by atoms with E-state index in [9.17, 15) is 4.79 Å². The van der Waals surface area contributed by atoms with Gasteiger partial charge >= 0.3 is 0 Å². The number of fused-ring (bicyclic) bond motifs is 2. The maximum Gasteiger partial charge on any atom is 0.235 e. The van der Waals surface area contributed by atoms with Gasteiger partial charge in [0, 0.05) is 0 Å². The number of carbonyl (C=O) groups excluding carboxylic acids is 1. The summed E-state index contributed by atoms with van der Waals surface area (Å²) in [6.45, 7) is 6.72. The van der Waals surface area contributed by atoms with E-state index >= 15 is 0 Å². The van der Waals surface area contributed by atoms with Crippen LogP contribution in [0.1, 0.15) is 40.0 Å². The predicted molar refractivity (Wildman–Crippen MR) is 51.1 cm³/mol. The van der Waals surface area contributed by atoms with Crippen LogP contribution in [0.3, 0.4) is 0 Å². The van der Waals surface area contributed by atoms with Gasteiger partial charge in [0.25, 0.3) is 0 Å². The Hall–Kier alpha value is -0.620. The molecular weight excluding hydrogens is 162 g/mol. The van der Waals surface area contributed by atoms with E-state index in [-0.39, 0.29) is 11.0 Å². The van der Waals surface area contributed by atoms with Gasteiger partial charge in [0.05, 0.1) is 5.54 Å². The third-order valence-corrected chi connectivity index (χ3v) is 4.70. The molecule has 0 spiro atoms. The first-order valence-corrected chi connectivity index (χ1v) is 5.13. The first-order valence-electron chi connectivity index (χ1n) is 5.13. The molecule has 72 valence electrons. The molecule has 3 rings (SSSR count). The smallest absolute Gasteiger partial charge is 0.211 e. The molecule has 0 saturated heterocycles. The summed E-state index contributed by atoms with van der Waals surface area (Å²) in [5.74, 6) is 1.33. The van der Waals surface area contributed by atoms with E-state index in [1.807, 2.05) is 0 Å². The topological polar surface area (TPSA) is 29.4 Å². The highest BCUT2D eigenvalue weighted by molar-refractivity contribution is 5.38. The normalized spacial score (nSPS) is 46.1. The first kappa shape index (κ1) is 8.96. The first-order chi connectivity index (χ1) is 6.04. The third-order valence-electron chi connectivity index (χ3n) is 4.70. The molecule has 13 heavy (non-hydrogen) atoms. The Morgan fingerprint density at radius 2 is 2.08 bits per heavy atom. The van der Waals surface area contributed by atoms with Crippen LogP contribution in [0.5, 0.6) is 0 Å². The Bertz CT molecular complexity index is 278. The minimum absolute atomic E-state index is 0.0718. The maximum absolute atomic E-state index is 10.4. The van der Waals surface area contributed by atoms with Gasteiger partial charge < -0.3 is 0 Å². The van der Waals surface area contributed by atoms with Gasteiger partial charge in [0.1, 0.15) is 0 Å². The van der Waals surface area contributed by atoms with E-state index in [0.29, 0.717) is 5.92 Å². The summed E-state index contributed by atoms with van der Waals surface area (Å²) in [6, 6.07) is 0. The van der Waals surface area contributed by atoms with Crippen molar-refractivity contribution in [1.82, 2.24) is 0 Å². The second-order valence-electron chi connectivity index (χ2n) is 5.23. The van der Waals surface area contributed by atoms with E-state index in [0.717, 1.165) is 12.3 Å². The molecule has 2 bridgehead atoms. The molecule has 3 aliphatic carbocycles. The highest BCUT2D eigenvalue weighted by atomic mass is 16.1. The predicted octanol–water partition coefficient (Wildman–Crippen LogP) is 2.54. The van der Waals surface area contributed by atoms with Crippen LogP contribution >= 0.6 is 0 Å². The highest BCUT2D eigenvalue weighted by Crippen LogP contribution is 2.65. The van der Waals surface area contributed by atoms with Gasteiger partial charge in [-0.25, -0.2) is 4.79 Å². The number of hydrogen-bond acceptors (Lipinski definition) is 2. The largest absolute Gasteiger partial charge is 0.235 e. The average Bonchev–Trinajstić information content (AvgIpc) is 2.08. The lowest BCUT2D eigenvalue weighted by atomic mass is 9.41. The van der Waals surface area contributed by atoms with E-state index in [1.165, 1.54) is 12.8 Å². The standard InChI is InChI=1S/C11H17NO/c1-8-4-5-9-6-11(8,12-7-13)10(9,2)3/h8-9H,4-6H2,1-3H3/t8-,9+,11-/m0/s1. The van der Waals surface area contributed by atoms with Gasteiger partial charge in [0.15, 0.2) is 0 Å².